The molecule has 0 fully saturated rings. The number of pyridine rings is 1. The molecule has 0 spiro atoms. The monoisotopic (exact) mass is 371 g/mol. The van der Waals surface area contributed by atoms with Crippen molar-refractivity contribution in [3.8, 4) is 17.0 Å². The molecule has 2 aromatic heterocycles. The normalized spacial score (nSPS) is 10.4. The van der Waals surface area contributed by atoms with Crippen LogP contribution in [0.3, 0.4) is 0 Å². The summed E-state index contributed by atoms with van der Waals surface area (Å²) < 4.78 is 6.93. The van der Waals surface area contributed by atoms with E-state index in [0.717, 1.165) is 16.8 Å². The number of nitrogens with one attached hydrogen (secondary N) is 2. The lowest BCUT2D eigenvalue weighted by atomic mass is 10.1. The van der Waals surface area contributed by atoms with Gasteiger partial charge in [-0.2, -0.15) is 5.10 Å². The summed E-state index contributed by atoms with van der Waals surface area (Å²) in [6, 6.07) is 8.43. The predicted octanol–water partition coefficient (Wildman–Crippen LogP) is 3.47. The van der Waals surface area contributed by atoms with Gasteiger partial charge >= 0.3 is 6.03 Å². The van der Waals surface area contributed by atoms with E-state index < -0.39 is 0 Å². The Bertz CT molecular complexity index is 925. The number of aryl methyl sites for hydroxylation is 1. The standard InChI is InChI=1S/C18H18ClN5O2/c1-24-11-13(10-22-24)15-7-12(5-6-20-15)9-21-18(25)23-16-8-14(19)3-4-17(16)26-2/h3-8,10-11H,9H2,1-2H3,(H2,21,23,25). The molecule has 1 aromatic carbocycles. The maximum absolute atomic E-state index is 12.2. The molecule has 2 heterocycles. The first-order valence-corrected chi connectivity index (χ1v) is 8.25. The minimum atomic E-state index is -0.356. The number of ether oxygens (including phenoxy) is 1. The summed E-state index contributed by atoms with van der Waals surface area (Å²) in [6.07, 6.45) is 5.34. The number of methoxy groups -OCH3 is 1. The van der Waals surface area contributed by atoms with E-state index >= 15 is 0 Å². The highest BCUT2D eigenvalue weighted by Gasteiger charge is 2.09. The number of aromatic nitrogens is 3. The van der Waals surface area contributed by atoms with Crippen LogP contribution in [0.2, 0.25) is 5.02 Å². The quantitative estimate of drug-likeness (QED) is 0.719. The first-order valence-electron chi connectivity index (χ1n) is 7.87. The van der Waals surface area contributed by atoms with Gasteiger partial charge in [0.25, 0.3) is 0 Å². The van der Waals surface area contributed by atoms with Crippen LogP contribution in [0.4, 0.5) is 10.5 Å². The van der Waals surface area contributed by atoms with Crippen LogP contribution in [-0.4, -0.2) is 27.9 Å². The van der Waals surface area contributed by atoms with Gasteiger partial charge in [0.2, 0.25) is 0 Å². The van der Waals surface area contributed by atoms with E-state index in [0.29, 0.717) is 23.0 Å². The summed E-state index contributed by atoms with van der Waals surface area (Å²) in [7, 11) is 3.38. The number of rotatable bonds is 5. The summed E-state index contributed by atoms with van der Waals surface area (Å²) >= 11 is 5.97. The van der Waals surface area contributed by atoms with Gasteiger partial charge in [-0.3, -0.25) is 9.67 Å². The Balaban J connectivity index is 1.64. The molecular formula is C18H18ClN5O2. The highest BCUT2D eigenvalue weighted by molar-refractivity contribution is 6.31. The van der Waals surface area contributed by atoms with Crippen molar-refractivity contribution >= 4 is 23.3 Å². The third kappa shape index (κ3) is 4.31. The third-order valence-corrected chi connectivity index (χ3v) is 3.92. The van der Waals surface area contributed by atoms with Gasteiger partial charge in [-0.1, -0.05) is 11.6 Å². The maximum atomic E-state index is 12.2. The van der Waals surface area contributed by atoms with Crippen LogP contribution in [0, 0.1) is 0 Å². The minimum Gasteiger partial charge on any atom is -0.495 e. The first-order chi connectivity index (χ1) is 12.5. The van der Waals surface area contributed by atoms with Crippen LogP contribution in [0.5, 0.6) is 5.75 Å². The molecule has 0 aliphatic rings. The molecule has 0 atom stereocenters. The highest BCUT2D eigenvalue weighted by Crippen LogP contribution is 2.27. The van der Waals surface area contributed by atoms with Gasteiger partial charge in [-0.05, 0) is 35.9 Å². The summed E-state index contributed by atoms with van der Waals surface area (Å²) in [6.45, 7) is 0.352. The highest BCUT2D eigenvalue weighted by atomic mass is 35.5. The van der Waals surface area contributed by atoms with E-state index in [1.807, 2.05) is 25.4 Å². The second-order valence-electron chi connectivity index (χ2n) is 5.60. The molecule has 3 aromatic rings. The van der Waals surface area contributed by atoms with E-state index in [1.54, 1.807) is 35.3 Å². The van der Waals surface area contributed by atoms with Crippen molar-refractivity contribution in [1.29, 1.82) is 0 Å². The van der Waals surface area contributed by atoms with Crippen LogP contribution in [0.15, 0.2) is 48.9 Å². The average molecular weight is 372 g/mol. The summed E-state index contributed by atoms with van der Waals surface area (Å²) in [5.74, 6) is 0.535. The summed E-state index contributed by atoms with van der Waals surface area (Å²) in [4.78, 5) is 16.5. The van der Waals surface area contributed by atoms with Gasteiger partial charge in [-0.25, -0.2) is 4.79 Å². The number of halogens is 1. The Morgan fingerprint density at radius 3 is 2.88 bits per heavy atom. The zero-order valence-corrected chi connectivity index (χ0v) is 15.1. The molecule has 26 heavy (non-hydrogen) atoms. The fourth-order valence-corrected chi connectivity index (χ4v) is 2.59. The Labute approximate surface area is 156 Å². The molecule has 0 aliphatic heterocycles. The van der Waals surface area contributed by atoms with E-state index in [-0.39, 0.29) is 6.03 Å². The average Bonchev–Trinajstić information content (AvgIpc) is 3.07. The van der Waals surface area contributed by atoms with Crippen LogP contribution < -0.4 is 15.4 Å². The number of carbonyl (C=O) groups excluding carboxylic acids is 1. The SMILES string of the molecule is COc1ccc(Cl)cc1NC(=O)NCc1ccnc(-c2cnn(C)c2)c1. The van der Waals surface area contributed by atoms with E-state index in [1.165, 1.54) is 7.11 Å². The lowest BCUT2D eigenvalue weighted by molar-refractivity contribution is 0.251. The number of urea groups is 1. The molecule has 7 nitrogen and oxygen atoms in total. The zero-order chi connectivity index (χ0) is 18.5. The van der Waals surface area contributed by atoms with Crippen molar-refractivity contribution in [3.63, 3.8) is 0 Å². The zero-order valence-electron chi connectivity index (χ0n) is 14.4. The number of benzene rings is 1. The number of nitrogens with zero attached hydrogens (tertiary/aromatic N) is 3. The second kappa shape index (κ2) is 7.88. The predicted molar refractivity (Wildman–Crippen MR) is 100 cm³/mol. The van der Waals surface area contributed by atoms with Gasteiger partial charge in [0, 0.05) is 36.6 Å². The summed E-state index contributed by atoms with van der Waals surface area (Å²) in [5, 5.41) is 10.2. The van der Waals surface area contributed by atoms with Crippen molar-refractivity contribution in [2.45, 2.75) is 6.54 Å². The Hall–Kier alpha value is -3.06. The Kier molecular flexibility index (Phi) is 5.38. The largest absolute Gasteiger partial charge is 0.495 e. The fourth-order valence-electron chi connectivity index (χ4n) is 2.42. The minimum absolute atomic E-state index is 0.352. The fraction of sp³-hybridized carbons (Fsp3) is 0.167. The molecular weight excluding hydrogens is 354 g/mol. The number of amides is 2. The molecule has 8 heteroatoms. The third-order valence-electron chi connectivity index (χ3n) is 3.69. The Morgan fingerprint density at radius 2 is 2.15 bits per heavy atom. The van der Waals surface area contributed by atoms with Crippen molar-refractivity contribution in [2.75, 3.05) is 12.4 Å². The molecule has 0 radical (unpaired) electrons. The smallest absolute Gasteiger partial charge is 0.319 e. The number of carbonyl (C=O) groups is 1. The molecule has 2 amide bonds. The van der Waals surface area contributed by atoms with Gasteiger partial charge in [0.15, 0.2) is 0 Å². The van der Waals surface area contributed by atoms with Crippen molar-refractivity contribution in [2.24, 2.45) is 7.05 Å². The van der Waals surface area contributed by atoms with Crippen molar-refractivity contribution in [3.05, 3.63) is 59.5 Å². The van der Waals surface area contributed by atoms with Crippen LogP contribution >= 0.6 is 11.6 Å². The maximum Gasteiger partial charge on any atom is 0.319 e. The molecule has 2 N–H and O–H groups in total. The second-order valence-corrected chi connectivity index (χ2v) is 6.04. The Morgan fingerprint density at radius 1 is 1.31 bits per heavy atom. The van der Waals surface area contributed by atoms with Crippen LogP contribution in [0.1, 0.15) is 5.56 Å². The topological polar surface area (TPSA) is 81.1 Å². The van der Waals surface area contributed by atoms with Gasteiger partial charge in [0.05, 0.1) is 24.7 Å². The van der Waals surface area contributed by atoms with E-state index in [4.69, 9.17) is 16.3 Å². The molecule has 3 rings (SSSR count). The molecule has 0 saturated heterocycles. The summed E-state index contributed by atoms with van der Waals surface area (Å²) in [5.41, 5.74) is 3.15. The molecule has 134 valence electrons. The van der Waals surface area contributed by atoms with Crippen LogP contribution in [-0.2, 0) is 13.6 Å². The van der Waals surface area contributed by atoms with E-state index in [2.05, 4.69) is 20.7 Å². The van der Waals surface area contributed by atoms with Gasteiger partial charge < -0.3 is 15.4 Å². The number of anilines is 1. The lowest BCUT2D eigenvalue weighted by Crippen LogP contribution is -2.28. The van der Waals surface area contributed by atoms with E-state index in [9.17, 15) is 4.79 Å². The number of hydrogen-bond acceptors (Lipinski definition) is 4. The molecule has 0 saturated carbocycles. The van der Waals surface area contributed by atoms with Crippen molar-refractivity contribution < 1.29 is 9.53 Å². The van der Waals surface area contributed by atoms with Crippen LogP contribution in [0.25, 0.3) is 11.3 Å². The molecule has 0 unspecified atom stereocenters. The molecule has 0 bridgehead atoms. The van der Waals surface area contributed by atoms with Crippen molar-refractivity contribution in [1.82, 2.24) is 20.1 Å². The first kappa shape index (κ1) is 17.8. The molecule has 0 aliphatic carbocycles. The lowest BCUT2D eigenvalue weighted by Gasteiger charge is -2.11. The number of hydrogen-bond donors (Lipinski definition) is 2. The van der Waals surface area contributed by atoms with Gasteiger partial charge in [-0.15, -0.1) is 0 Å². The van der Waals surface area contributed by atoms with Gasteiger partial charge in [0.1, 0.15) is 5.75 Å².